The maximum atomic E-state index is 12.5. The van der Waals surface area contributed by atoms with E-state index in [1.165, 1.54) is 0 Å². The van der Waals surface area contributed by atoms with Gasteiger partial charge in [-0.2, -0.15) is 0 Å². The minimum Gasteiger partial charge on any atom is -0.452 e. The first-order valence-electron chi connectivity index (χ1n) is 9.55. The molecule has 2 aromatic rings. The van der Waals surface area contributed by atoms with Crippen LogP contribution in [0.3, 0.4) is 0 Å². The summed E-state index contributed by atoms with van der Waals surface area (Å²) in [5, 5.41) is 3.29. The van der Waals surface area contributed by atoms with E-state index in [1.807, 2.05) is 18.2 Å². The Hall–Kier alpha value is -2.86. The lowest BCUT2D eigenvalue weighted by Gasteiger charge is -2.31. The van der Waals surface area contributed by atoms with Gasteiger partial charge in [0.1, 0.15) is 0 Å². The number of benzene rings is 2. The van der Waals surface area contributed by atoms with E-state index in [-0.39, 0.29) is 17.7 Å². The summed E-state index contributed by atoms with van der Waals surface area (Å²) in [5.74, 6) is -1.18. The highest BCUT2D eigenvalue weighted by atomic mass is 35.5. The number of esters is 1. The first-order chi connectivity index (χ1) is 13.9. The molecule has 1 aliphatic heterocycles. The number of hydrogen-bond donors (Lipinski definition) is 1. The molecule has 3 rings (SSSR count). The number of ether oxygens (including phenoxy) is 1. The number of anilines is 1. The Balaban J connectivity index is 1.47. The molecule has 1 saturated heterocycles. The zero-order valence-electron chi connectivity index (χ0n) is 16.1. The van der Waals surface area contributed by atoms with E-state index in [4.69, 9.17) is 16.3 Å². The van der Waals surface area contributed by atoms with Crippen LogP contribution in [0.1, 0.15) is 30.1 Å². The molecule has 1 heterocycles. The van der Waals surface area contributed by atoms with Gasteiger partial charge in [-0.05, 0) is 56.2 Å². The molecule has 0 radical (unpaired) electrons. The normalized spacial score (nSPS) is 15.4. The van der Waals surface area contributed by atoms with Crippen molar-refractivity contribution in [2.75, 3.05) is 18.4 Å². The highest BCUT2D eigenvalue weighted by Gasteiger charge is 2.30. The third-order valence-corrected chi connectivity index (χ3v) is 5.16. The molecule has 2 amide bonds. The molecule has 1 fully saturated rings. The van der Waals surface area contributed by atoms with Crippen LogP contribution in [0.4, 0.5) is 5.69 Å². The Morgan fingerprint density at radius 1 is 1.03 bits per heavy atom. The van der Waals surface area contributed by atoms with Gasteiger partial charge in [0.25, 0.3) is 11.8 Å². The Kier molecular flexibility index (Phi) is 6.88. The molecule has 1 aliphatic rings. The van der Waals surface area contributed by atoms with Gasteiger partial charge in [0, 0.05) is 29.4 Å². The summed E-state index contributed by atoms with van der Waals surface area (Å²) in [7, 11) is 0. The van der Waals surface area contributed by atoms with Gasteiger partial charge in [-0.25, -0.2) is 0 Å². The molecule has 6 nitrogen and oxygen atoms in total. The number of amides is 2. The van der Waals surface area contributed by atoms with E-state index in [9.17, 15) is 14.4 Å². The highest BCUT2D eigenvalue weighted by molar-refractivity contribution is 6.30. The van der Waals surface area contributed by atoms with E-state index >= 15 is 0 Å². The molecular formula is C22H23ClN2O4. The fourth-order valence-corrected chi connectivity index (χ4v) is 3.31. The van der Waals surface area contributed by atoms with Crippen molar-refractivity contribution in [3.63, 3.8) is 0 Å². The fourth-order valence-electron chi connectivity index (χ4n) is 3.18. The minimum absolute atomic E-state index is 0.0795. The maximum absolute atomic E-state index is 12.5. The molecule has 152 valence electrons. The van der Waals surface area contributed by atoms with Gasteiger partial charge in [0.05, 0.1) is 5.92 Å². The third-order valence-electron chi connectivity index (χ3n) is 4.91. The van der Waals surface area contributed by atoms with Crippen molar-refractivity contribution in [1.82, 2.24) is 4.90 Å². The van der Waals surface area contributed by atoms with Gasteiger partial charge in [0.2, 0.25) is 0 Å². The molecule has 29 heavy (non-hydrogen) atoms. The van der Waals surface area contributed by atoms with Crippen molar-refractivity contribution in [2.24, 2.45) is 5.92 Å². The van der Waals surface area contributed by atoms with Crippen LogP contribution in [0.25, 0.3) is 0 Å². The van der Waals surface area contributed by atoms with Crippen LogP contribution in [0, 0.1) is 5.92 Å². The zero-order valence-corrected chi connectivity index (χ0v) is 16.9. The number of nitrogens with zero attached hydrogens (tertiary/aromatic N) is 1. The Labute approximate surface area is 174 Å². The SMILES string of the molecule is C[C@H](OC(=O)C1CCN(C(=O)c2ccc(Cl)cc2)CC1)C(=O)Nc1ccccc1. The first kappa shape index (κ1) is 20.9. The average molecular weight is 415 g/mol. The predicted molar refractivity (Wildman–Crippen MR) is 111 cm³/mol. The summed E-state index contributed by atoms with van der Waals surface area (Å²) < 4.78 is 5.35. The van der Waals surface area contributed by atoms with Crippen LogP contribution in [-0.4, -0.2) is 41.9 Å². The second kappa shape index (κ2) is 9.56. The number of rotatable bonds is 5. The molecule has 0 aromatic heterocycles. The lowest BCUT2D eigenvalue weighted by molar-refractivity contribution is -0.158. The molecule has 0 saturated carbocycles. The van der Waals surface area contributed by atoms with Gasteiger partial charge < -0.3 is 15.0 Å². The zero-order chi connectivity index (χ0) is 20.8. The lowest BCUT2D eigenvalue weighted by Crippen LogP contribution is -2.41. The molecular weight excluding hydrogens is 392 g/mol. The van der Waals surface area contributed by atoms with E-state index in [0.717, 1.165) is 0 Å². The quantitative estimate of drug-likeness (QED) is 0.756. The van der Waals surface area contributed by atoms with Gasteiger partial charge in [0.15, 0.2) is 6.10 Å². The molecule has 2 aromatic carbocycles. The molecule has 1 N–H and O–H groups in total. The van der Waals surface area contributed by atoms with Crippen LogP contribution in [0.2, 0.25) is 5.02 Å². The molecule has 0 aliphatic carbocycles. The summed E-state index contributed by atoms with van der Waals surface area (Å²) in [6, 6.07) is 15.7. The standard InChI is InChI=1S/C22H23ClN2O4/c1-15(20(26)24-19-5-3-2-4-6-19)29-22(28)17-11-13-25(14-12-17)21(27)16-7-9-18(23)10-8-16/h2-10,15,17H,11-14H2,1H3,(H,24,26)/t15-/m0/s1. The average Bonchev–Trinajstić information content (AvgIpc) is 2.74. The van der Waals surface area contributed by atoms with Crippen molar-refractivity contribution in [3.05, 3.63) is 65.2 Å². The highest BCUT2D eigenvalue weighted by Crippen LogP contribution is 2.22. The van der Waals surface area contributed by atoms with E-state index in [0.29, 0.717) is 42.2 Å². The van der Waals surface area contributed by atoms with Crippen molar-refractivity contribution in [1.29, 1.82) is 0 Å². The number of carbonyl (C=O) groups excluding carboxylic acids is 3. The fraction of sp³-hybridized carbons (Fsp3) is 0.318. The second-order valence-electron chi connectivity index (χ2n) is 7.01. The lowest BCUT2D eigenvalue weighted by atomic mass is 9.96. The van der Waals surface area contributed by atoms with Crippen LogP contribution in [0.15, 0.2) is 54.6 Å². The van der Waals surface area contributed by atoms with E-state index in [1.54, 1.807) is 48.2 Å². The van der Waals surface area contributed by atoms with E-state index in [2.05, 4.69) is 5.32 Å². The largest absolute Gasteiger partial charge is 0.452 e. The topological polar surface area (TPSA) is 75.7 Å². The van der Waals surface area contributed by atoms with Gasteiger partial charge in [-0.3, -0.25) is 14.4 Å². The predicted octanol–water partition coefficient (Wildman–Crippen LogP) is 3.76. The summed E-state index contributed by atoms with van der Waals surface area (Å²) in [6.45, 7) is 2.48. The third kappa shape index (κ3) is 5.57. The number of carbonyl (C=O) groups is 3. The van der Waals surface area contributed by atoms with Crippen LogP contribution in [0.5, 0.6) is 0 Å². The van der Waals surface area contributed by atoms with Crippen LogP contribution >= 0.6 is 11.6 Å². The smallest absolute Gasteiger partial charge is 0.309 e. The summed E-state index contributed by atoms with van der Waals surface area (Å²) in [5.41, 5.74) is 1.22. The maximum Gasteiger partial charge on any atom is 0.309 e. The van der Waals surface area contributed by atoms with Crippen LogP contribution in [-0.2, 0) is 14.3 Å². The number of nitrogens with one attached hydrogen (secondary N) is 1. The summed E-state index contributed by atoms with van der Waals surface area (Å²) >= 11 is 5.86. The number of piperidine rings is 1. The minimum atomic E-state index is -0.892. The number of likely N-dealkylation sites (tertiary alicyclic amines) is 1. The Bertz CT molecular complexity index is 862. The number of hydrogen-bond acceptors (Lipinski definition) is 4. The Morgan fingerprint density at radius 3 is 2.28 bits per heavy atom. The number of para-hydroxylation sites is 1. The number of halogens is 1. The molecule has 0 bridgehead atoms. The van der Waals surface area contributed by atoms with Crippen molar-refractivity contribution in [2.45, 2.75) is 25.9 Å². The molecule has 0 unspecified atom stereocenters. The second-order valence-corrected chi connectivity index (χ2v) is 7.44. The van der Waals surface area contributed by atoms with Crippen molar-refractivity contribution >= 4 is 35.1 Å². The molecule has 7 heteroatoms. The monoisotopic (exact) mass is 414 g/mol. The Morgan fingerprint density at radius 2 is 1.66 bits per heavy atom. The van der Waals surface area contributed by atoms with Gasteiger partial charge in [-0.1, -0.05) is 29.8 Å². The first-order valence-corrected chi connectivity index (χ1v) is 9.93. The van der Waals surface area contributed by atoms with Gasteiger partial charge >= 0.3 is 5.97 Å². The van der Waals surface area contributed by atoms with E-state index < -0.39 is 12.1 Å². The van der Waals surface area contributed by atoms with Gasteiger partial charge in [-0.15, -0.1) is 0 Å². The van der Waals surface area contributed by atoms with Crippen molar-refractivity contribution < 1.29 is 19.1 Å². The van der Waals surface area contributed by atoms with Crippen molar-refractivity contribution in [3.8, 4) is 0 Å². The van der Waals surface area contributed by atoms with Crippen LogP contribution < -0.4 is 5.32 Å². The molecule has 0 spiro atoms. The summed E-state index contributed by atoms with van der Waals surface area (Å²) in [6.07, 6.45) is 0.118. The molecule has 1 atom stereocenters. The summed E-state index contributed by atoms with van der Waals surface area (Å²) in [4.78, 5) is 38.9.